The quantitative estimate of drug-likeness (QED) is 0.803. The molecule has 1 aliphatic carbocycles. The molecular weight excluding hydrogens is 277 g/mol. The SMILES string of the molecule is Cc1ccc(C2(O)CCCC(C(F)(F)F)C2)cc1Cl. The fourth-order valence-electron chi connectivity index (χ4n) is 2.68. The normalized spacial score (nSPS) is 28.4. The number of benzene rings is 1. The van der Waals surface area contributed by atoms with Gasteiger partial charge >= 0.3 is 6.18 Å². The largest absolute Gasteiger partial charge is 0.391 e. The molecule has 0 aromatic heterocycles. The van der Waals surface area contributed by atoms with Crippen LogP contribution < -0.4 is 0 Å². The van der Waals surface area contributed by atoms with Crippen LogP contribution in [0.5, 0.6) is 0 Å². The summed E-state index contributed by atoms with van der Waals surface area (Å²) in [6, 6.07) is 4.97. The van der Waals surface area contributed by atoms with E-state index in [9.17, 15) is 18.3 Å². The number of alkyl halides is 3. The molecule has 106 valence electrons. The minimum Gasteiger partial charge on any atom is -0.385 e. The molecule has 5 heteroatoms. The third-order valence-corrected chi connectivity index (χ3v) is 4.31. The number of rotatable bonds is 1. The molecule has 2 atom stereocenters. The third-order valence-electron chi connectivity index (χ3n) is 3.90. The first-order valence-electron chi connectivity index (χ1n) is 6.28. The fraction of sp³-hybridized carbons (Fsp3) is 0.571. The molecular formula is C14H16ClF3O. The summed E-state index contributed by atoms with van der Waals surface area (Å²) in [7, 11) is 0. The molecule has 1 saturated carbocycles. The highest BCUT2D eigenvalue weighted by atomic mass is 35.5. The molecule has 1 aromatic rings. The van der Waals surface area contributed by atoms with E-state index in [1.54, 1.807) is 18.2 Å². The van der Waals surface area contributed by atoms with Gasteiger partial charge in [-0.1, -0.05) is 23.7 Å². The smallest absolute Gasteiger partial charge is 0.385 e. The highest BCUT2D eigenvalue weighted by molar-refractivity contribution is 6.31. The summed E-state index contributed by atoms with van der Waals surface area (Å²) >= 11 is 5.99. The summed E-state index contributed by atoms with van der Waals surface area (Å²) in [4.78, 5) is 0. The van der Waals surface area contributed by atoms with Crippen molar-refractivity contribution < 1.29 is 18.3 Å². The first-order chi connectivity index (χ1) is 8.72. The molecule has 1 aliphatic rings. The zero-order valence-electron chi connectivity index (χ0n) is 10.6. The number of hydrogen-bond donors (Lipinski definition) is 1. The van der Waals surface area contributed by atoms with Crippen LogP contribution in [0.15, 0.2) is 18.2 Å². The second-order valence-corrected chi connectivity index (χ2v) is 5.74. The summed E-state index contributed by atoms with van der Waals surface area (Å²) in [5, 5.41) is 11.0. The van der Waals surface area contributed by atoms with Gasteiger partial charge in [0.2, 0.25) is 0 Å². The average molecular weight is 293 g/mol. The third kappa shape index (κ3) is 3.06. The topological polar surface area (TPSA) is 20.2 Å². The molecule has 2 unspecified atom stereocenters. The van der Waals surface area contributed by atoms with E-state index in [-0.39, 0.29) is 12.8 Å². The molecule has 2 rings (SSSR count). The van der Waals surface area contributed by atoms with Gasteiger partial charge in [0.15, 0.2) is 0 Å². The predicted octanol–water partition coefficient (Wildman–Crippen LogP) is 4.59. The first-order valence-corrected chi connectivity index (χ1v) is 6.66. The van der Waals surface area contributed by atoms with E-state index in [2.05, 4.69) is 0 Å². The van der Waals surface area contributed by atoms with Crippen LogP contribution in [0, 0.1) is 12.8 Å². The molecule has 0 aliphatic heterocycles. The van der Waals surface area contributed by atoms with Gasteiger partial charge in [-0.3, -0.25) is 0 Å². The molecule has 0 bridgehead atoms. The Morgan fingerprint density at radius 1 is 1.37 bits per heavy atom. The minimum atomic E-state index is -4.25. The lowest BCUT2D eigenvalue weighted by Crippen LogP contribution is -2.38. The Balaban J connectivity index is 2.28. The maximum absolute atomic E-state index is 12.8. The van der Waals surface area contributed by atoms with Crippen molar-refractivity contribution in [2.45, 2.75) is 44.4 Å². The lowest BCUT2D eigenvalue weighted by molar-refractivity contribution is -0.201. The Labute approximate surface area is 115 Å². The molecule has 0 spiro atoms. The van der Waals surface area contributed by atoms with E-state index < -0.39 is 17.7 Å². The molecule has 0 saturated heterocycles. The summed E-state index contributed by atoms with van der Waals surface area (Å²) in [6.45, 7) is 1.82. The van der Waals surface area contributed by atoms with Crippen LogP contribution in [-0.2, 0) is 5.60 Å². The Kier molecular flexibility index (Phi) is 3.85. The maximum Gasteiger partial charge on any atom is 0.391 e. The van der Waals surface area contributed by atoms with E-state index in [1.807, 2.05) is 6.92 Å². The van der Waals surface area contributed by atoms with Crippen LogP contribution in [-0.4, -0.2) is 11.3 Å². The molecule has 1 nitrogen and oxygen atoms in total. The molecule has 0 heterocycles. The minimum absolute atomic E-state index is 0.0887. The van der Waals surface area contributed by atoms with Gasteiger partial charge in [0.05, 0.1) is 11.5 Å². The van der Waals surface area contributed by atoms with E-state index in [1.165, 1.54) is 0 Å². The van der Waals surface area contributed by atoms with Gasteiger partial charge in [-0.25, -0.2) is 0 Å². The Hall–Kier alpha value is -0.740. The van der Waals surface area contributed by atoms with Crippen molar-refractivity contribution in [1.82, 2.24) is 0 Å². The Bertz CT molecular complexity index is 472. The van der Waals surface area contributed by atoms with Crippen molar-refractivity contribution in [3.05, 3.63) is 34.3 Å². The van der Waals surface area contributed by atoms with Gasteiger partial charge in [-0.2, -0.15) is 13.2 Å². The summed E-state index contributed by atoms with van der Waals surface area (Å²) in [5.74, 6) is -1.44. The second kappa shape index (κ2) is 4.98. The van der Waals surface area contributed by atoms with Gasteiger partial charge < -0.3 is 5.11 Å². The first kappa shape index (κ1) is 14.7. The summed E-state index contributed by atoms with van der Waals surface area (Å²) < 4.78 is 38.4. The van der Waals surface area contributed by atoms with Gasteiger partial charge in [0.25, 0.3) is 0 Å². The van der Waals surface area contributed by atoms with Crippen molar-refractivity contribution in [2.75, 3.05) is 0 Å². The zero-order valence-corrected chi connectivity index (χ0v) is 11.4. The van der Waals surface area contributed by atoms with Crippen LogP contribution in [0.3, 0.4) is 0 Å². The number of hydrogen-bond acceptors (Lipinski definition) is 1. The van der Waals surface area contributed by atoms with E-state index in [0.717, 1.165) is 5.56 Å². The van der Waals surface area contributed by atoms with Gasteiger partial charge in [0, 0.05) is 5.02 Å². The Morgan fingerprint density at radius 2 is 2.05 bits per heavy atom. The molecule has 1 N–H and O–H groups in total. The zero-order chi connectivity index (χ0) is 14.3. The van der Waals surface area contributed by atoms with Crippen LogP contribution in [0.2, 0.25) is 5.02 Å². The molecule has 1 aromatic carbocycles. The standard InChI is InChI=1S/C14H16ClF3O/c1-9-4-5-10(7-12(9)15)13(19)6-2-3-11(8-13)14(16,17)18/h4-5,7,11,19H,2-3,6,8H2,1H3. The van der Waals surface area contributed by atoms with Crippen LogP contribution in [0.1, 0.15) is 36.8 Å². The molecule has 1 fully saturated rings. The summed E-state index contributed by atoms with van der Waals surface area (Å²) in [6.07, 6.45) is -3.73. The average Bonchev–Trinajstić information content (AvgIpc) is 2.31. The van der Waals surface area contributed by atoms with Crippen molar-refractivity contribution >= 4 is 11.6 Å². The second-order valence-electron chi connectivity index (χ2n) is 5.33. The van der Waals surface area contributed by atoms with Crippen LogP contribution >= 0.6 is 11.6 Å². The van der Waals surface area contributed by atoms with Crippen molar-refractivity contribution in [1.29, 1.82) is 0 Å². The van der Waals surface area contributed by atoms with Crippen LogP contribution in [0.4, 0.5) is 13.2 Å². The lowest BCUT2D eigenvalue weighted by Gasteiger charge is -2.38. The number of aryl methyl sites for hydroxylation is 1. The highest BCUT2D eigenvalue weighted by Crippen LogP contribution is 2.46. The Morgan fingerprint density at radius 3 is 2.63 bits per heavy atom. The lowest BCUT2D eigenvalue weighted by atomic mass is 9.74. The van der Waals surface area contributed by atoms with Crippen molar-refractivity contribution in [2.24, 2.45) is 5.92 Å². The van der Waals surface area contributed by atoms with E-state index in [4.69, 9.17) is 11.6 Å². The van der Waals surface area contributed by atoms with Gasteiger partial charge in [0.1, 0.15) is 0 Å². The van der Waals surface area contributed by atoms with Crippen LogP contribution in [0.25, 0.3) is 0 Å². The fourth-order valence-corrected chi connectivity index (χ4v) is 2.86. The van der Waals surface area contributed by atoms with Crippen molar-refractivity contribution in [3.8, 4) is 0 Å². The van der Waals surface area contributed by atoms with E-state index >= 15 is 0 Å². The van der Waals surface area contributed by atoms with E-state index in [0.29, 0.717) is 23.4 Å². The van der Waals surface area contributed by atoms with Crippen molar-refractivity contribution in [3.63, 3.8) is 0 Å². The van der Waals surface area contributed by atoms with Gasteiger partial charge in [-0.15, -0.1) is 0 Å². The number of aliphatic hydroxyl groups is 1. The monoisotopic (exact) mass is 292 g/mol. The molecule has 0 amide bonds. The maximum atomic E-state index is 12.8. The predicted molar refractivity (Wildman–Crippen MR) is 68.1 cm³/mol. The molecule has 0 radical (unpaired) electrons. The summed E-state index contributed by atoms with van der Waals surface area (Å²) in [5.41, 5.74) is -0.0928. The number of halogens is 4. The molecule has 19 heavy (non-hydrogen) atoms. The van der Waals surface area contributed by atoms with Gasteiger partial charge in [-0.05, 0) is 49.8 Å². The highest BCUT2D eigenvalue weighted by Gasteiger charge is 2.47.